The molecule has 1 N–H and O–H groups in total. The number of nitrogens with one attached hydrogen (secondary N) is 1. The fraction of sp³-hybridized carbons (Fsp3) is 0.120. The number of hydrogen-bond donors (Lipinski definition) is 1. The van der Waals surface area contributed by atoms with Gasteiger partial charge in [0, 0.05) is 11.1 Å². The monoisotopic (exact) mass is 481 g/mol. The molecule has 0 aliphatic rings. The smallest absolute Gasteiger partial charge is 0.416 e. The van der Waals surface area contributed by atoms with Crippen molar-refractivity contribution < 1.29 is 27.5 Å². The zero-order chi connectivity index (χ0) is 25.2. The maximum atomic E-state index is 13.0. The van der Waals surface area contributed by atoms with Crippen LogP contribution in [0.15, 0.2) is 83.7 Å². The Balaban J connectivity index is 1.58. The maximum Gasteiger partial charge on any atom is 0.416 e. The van der Waals surface area contributed by atoms with E-state index < -0.39 is 35.3 Å². The third kappa shape index (κ3) is 5.06. The second kappa shape index (κ2) is 9.41. The van der Waals surface area contributed by atoms with E-state index in [1.807, 2.05) is 0 Å². The minimum absolute atomic E-state index is 0.104. The van der Waals surface area contributed by atoms with Gasteiger partial charge < -0.3 is 10.1 Å². The SMILES string of the molecule is CC(OC(=O)c1nn(-c2ccccc2)c(=O)c2ccccc12)C(=O)Nc1ccc(C(F)(F)F)cc1. The van der Waals surface area contributed by atoms with E-state index in [0.29, 0.717) is 5.69 Å². The van der Waals surface area contributed by atoms with Crippen molar-refractivity contribution in [3.8, 4) is 5.69 Å². The number of carbonyl (C=O) groups is 2. The van der Waals surface area contributed by atoms with Gasteiger partial charge in [0.15, 0.2) is 11.8 Å². The van der Waals surface area contributed by atoms with E-state index >= 15 is 0 Å². The average molecular weight is 481 g/mol. The van der Waals surface area contributed by atoms with Crippen LogP contribution in [-0.2, 0) is 15.7 Å². The number of benzene rings is 3. The molecular weight excluding hydrogens is 463 g/mol. The van der Waals surface area contributed by atoms with E-state index in [-0.39, 0.29) is 22.2 Å². The number of nitrogens with zero attached hydrogens (tertiary/aromatic N) is 2. The quantitative estimate of drug-likeness (QED) is 0.421. The Morgan fingerprint density at radius 2 is 1.51 bits per heavy atom. The second-order valence-corrected chi connectivity index (χ2v) is 7.56. The van der Waals surface area contributed by atoms with Crippen molar-refractivity contribution in [3.63, 3.8) is 0 Å². The average Bonchev–Trinajstić information content (AvgIpc) is 2.84. The molecule has 0 saturated carbocycles. The molecule has 4 rings (SSSR count). The van der Waals surface area contributed by atoms with E-state index in [2.05, 4.69) is 10.4 Å². The molecule has 1 aromatic heterocycles. The lowest BCUT2D eigenvalue weighted by atomic mass is 10.1. The third-order valence-electron chi connectivity index (χ3n) is 5.13. The van der Waals surface area contributed by atoms with Crippen LogP contribution in [0.4, 0.5) is 18.9 Å². The third-order valence-corrected chi connectivity index (χ3v) is 5.13. The molecule has 0 spiro atoms. The molecule has 1 atom stereocenters. The van der Waals surface area contributed by atoms with Crippen molar-refractivity contribution >= 4 is 28.3 Å². The summed E-state index contributed by atoms with van der Waals surface area (Å²) in [7, 11) is 0. The number of aromatic nitrogens is 2. The fourth-order valence-corrected chi connectivity index (χ4v) is 3.34. The van der Waals surface area contributed by atoms with Gasteiger partial charge in [0.2, 0.25) is 0 Å². The van der Waals surface area contributed by atoms with E-state index in [9.17, 15) is 27.6 Å². The highest BCUT2D eigenvalue weighted by Gasteiger charge is 2.30. The van der Waals surface area contributed by atoms with Crippen LogP contribution >= 0.6 is 0 Å². The standard InChI is InChI=1S/C25H18F3N3O4/c1-15(22(32)29-17-13-11-16(12-14-17)25(26,27)28)35-24(34)21-19-9-5-6-10-20(19)23(33)31(30-21)18-7-3-2-4-8-18/h2-15H,1H3,(H,29,32). The van der Waals surface area contributed by atoms with Crippen LogP contribution in [0.2, 0.25) is 0 Å². The highest BCUT2D eigenvalue weighted by Crippen LogP contribution is 2.29. The molecular formula is C25H18F3N3O4. The van der Waals surface area contributed by atoms with Gasteiger partial charge in [-0.2, -0.15) is 23.0 Å². The number of halogens is 3. The van der Waals surface area contributed by atoms with Gasteiger partial charge in [0.25, 0.3) is 11.5 Å². The Labute approximate surface area is 196 Å². The first-order valence-corrected chi connectivity index (χ1v) is 10.4. The molecule has 1 heterocycles. The molecule has 0 saturated heterocycles. The zero-order valence-electron chi connectivity index (χ0n) is 18.2. The van der Waals surface area contributed by atoms with Crippen molar-refractivity contribution in [2.45, 2.75) is 19.2 Å². The molecule has 178 valence electrons. The van der Waals surface area contributed by atoms with Crippen molar-refractivity contribution in [1.82, 2.24) is 9.78 Å². The summed E-state index contributed by atoms with van der Waals surface area (Å²) < 4.78 is 44.5. The lowest BCUT2D eigenvalue weighted by Gasteiger charge is -2.15. The van der Waals surface area contributed by atoms with Gasteiger partial charge in [-0.3, -0.25) is 9.59 Å². The molecule has 10 heteroatoms. The zero-order valence-corrected chi connectivity index (χ0v) is 18.2. The van der Waals surface area contributed by atoms with Crippen LogP contribution in [0.1, 0.15) is 23.0 Å². The summed E-state index contributed by atoms with van der Waals surface area (Å²) in [5.41, 5.74) is -0.923. The number of hydrogen-bond acceptors (Lipinski definition) is 5. The summed E-state index contributed by atoms with van der Waals surface area (Å²) in [5.74, 6) is -1.69. The molecule has 1 unspecified atom stereocenters. The van der Waals surface area contributed by atoms with Crippen LogP contribution in [0.25, 0.3) is 16.5 Å². The number of esters is 1. The first-order valence-electron chi connectivity index (χ1n) is 10.4. The minimum Gasteiger partial charge on any atom is -0.448 e. The largest absolute Gasteiger partial charge is 0.448 e. The Morgan fingerprint density at radius 1 is 0.914 bits per heavy atom. The highest BCUT2D eigenvalue weighted by molar-refractivity contribution is 6.03. The van der Waals surface area contributed by atoms with Gasteiger partial charge >= 0.3 is 12.1 Å². The van der Waals surface area contributed by atoms with E-state index in [1.165, 1.54) is 6.92 Å². The summed E-state index contributed by atoms with van der Waals surface area (Å²) in [6.07, 6.45) is -5.81. The summed E-state index contributed by atoms with van der Waals surface area (Å²) in [5, 5.41) is 7.08. The molecule has 1 amide bonds. The van der Waals surface area contributed by atoms with E-state index in [4.69, 9.17) is 4.74 Å². The molecule has 0 bridgehead atoms. The summed E-state index contributed by atoms with van der Waals surface area (Å²) in [6, 6.07) is 18.7. The second-order valence-electron chi connectivity index (χ2n) is 7.56. The van der Waals surface area contributed by atoms with Gasteiger partial charge in [-0.05, 0) is 49.4 Å². The molecule has 3 aromatic carbocycles. The van der Waals surface area contributed by atoms with E-state index in [1.54, 1.807) is 54.6 Å². The fourth-order valence-electron chi connectivity index (χ4n) is 3.34. The number of amides is 1. The number of fused-ring (bicyclic) bond motifs is 1. The van der Waals surface area contributed by atoms with Crippen LogP contribution in [0.5, 0.6) is 0 Å². The van der Waals surface area contributed by atoms with Gasteiger partial charge in [0.1, 0.15) is 0 Å². The van der Waals surface area contributed by atoms with E-state index in [0.717, 1.165) is 28.9 Å². The molecule has 0 aliphatic heterocycles. The first kappa shape index (κ1) is 23.7. The number of rotatable bonds is 5. The van der Waals surface area contributed by atoms with Gasteiger partial charge in [-0.1, -0.05) is 36.4 Å². The summed E-state index contributed by atoms with van der Waals surface area (Å²) in [6.45, 7) is 1.31. The predicted molar refractivity (Wildman–Crippen MR) is 122 cm³/mol. The highest BCUT2D eigenvalue weighted by atomic mass is 19.4. The lowest BCUT2D eigenvalue weighted by molar-refractivity contribution is -0.137. The molecule has 0 aliphatic carbocycles. The minimum atomic E-state index is -4.50. The van der Waals surface area contributed by atoms with Gasteiger partial charge in [-0.15, -0.1) is 0 Å². The molecule has 7 nitrogen and oxygen atoms in total. The summed E-state index contributed by atoms with van der Waals surface area (Å²) in [4.78, 5) is 38.4. The van der Waals surface area contributed by atoms with Crippen LogP contribution in [0, 0.1) is 0 Å². The van der Waals surface area contributed by atoms with Gasteiger partial charge in [0.05, 0.1) is 16.6 Å². The topological polar surface area (TPSA) is 90.3 Å². The number of carbonyl (C=O) groups excluding carboxylic acids is 2. The van der Waals surface area contributed by atoms with Crippen molar-refractivity contribution in [2.75, 3.05) is 5.32 Å². The maximum absolute atomic E-state index is 13.0. The Hall–Kier alpha value is -4.47. The van der Waals surface area contributed by atoms with Crippen LogP contribution < -0.4 is 10.9 Å². The van der Waals surface area contributed by atoms with Crippen molar-refractivity contribution in [3.05, 3.63) is 100 Å². The summed E-state index contributed by atoms with van der Waals surface area (Å²) >= 11 is 0. The Morgan fingerprint density at radius 3 is 2.14 bits per heavy atom. The van der Waals surface area contributed by atoms with Crippen LogP contribution in [0.3, 0.4) is 0 Å². The number of alkyl halides is 3. The molecule has 35 heavy (non-hydrogen) atoms. The Bertz CT molecular complexity index is 1450. The van der Waals surface area contributed by atoms with Crippen molar-refractivity contribution in [1.29, 1.82) is 0 Å². The Kier molecular flexibility index (Phi) is 6.37. The van der Waals surface area contributed by atoms with Crippen LogP contribution in [-0.4, -0.2) is 27.8 Å². The lowest BCUT2D eigenvalue weighted by Crippen LogP contribution is -2.31. The number of ether oxygens (including phenoxy) is 1. The molecule has 0 fully saturated rings. The first-order chi connectivity index (χ1) is 16.6. The molecule has 0 radical (unpaired) electrons. The normalized spacial score (nSPS) is 12.2. The number of anilines is 1. The van der Waals surface area contributed by atoms with Crippen molar-refractivity contribution in [2.24, 2.45) is 0 Å². The van der Waals surface area contributed by atoms with Gasteiger partial charge in [-0.25, -0.2) is 4.79 Å². The predicted octanol–water partition coefficient (Wildman–Crippen LogP) is 4.59. The number of para-hydroxylation sites is 1. The molecule has 4 aromatic rings.